The SMILES string of the molecule is C=CC(=O)CC1CN(c2cnc3[nH]cc(-c4cnccn4)c3c2)C1. The quantitative estimate of drug-likeness (QED) is 0.732. The molecule has 0 bridgehead atoms. The molecule has 0 radical (unpaired) electrons. The second-order valence-corrected chi connectivity index (χ2v) is 6.03. The summed E-state index contributed by atoms with van der Waals surface area (Å²) in [4.78, 5) is 29.8. The number of aromatic amines is 1. The van der Waals surface area contributed by atoms with Crippen LogP contribution in [-0.2, 0) is 4.79 Å². The molecule has 3 aromatic heterocycles. The van der Waals surface area contributed by atoms with Crippen LogP contribution in [0.2, 0.25) is 0 Å². The van der Waals surface area contributed by atoms with Crippen LogP contribution in [0.1, 0.15) is 6.42 Å². The van der Waals surface area contributed by atoms with Gasteiger partial charge in [-0.2, -0.15) is 0 Å². The molecular formula is C18H17N5O. The van der Waals surface area contributed by atoms with Crippen molar-refractivity contribution in [2.24, 2.45) is 5.92 Å². The molecule has 1 saturated heterocycles. The van der Waals surface area contributed by atoms with Crippen molar-refractivity contribution in [1.82, 2.24) is 19.9 Å². The standard InChI is InChI=1S/C18H17N5O/c1-2-14(24)5-12-10-23(11-12)13-6-15-16(8-22-18(15)21-7-13)17-9-19-3-4-20-17/h2-4,6-9,12H,1,5,10-11H2,(H,21,22). The van der Waals surface area contributed by atoms with Gasteiger partial charge in [0.1, 0.15) is 5.65 Å². The van der Waals surface area contributed by atoms with Crippen LogP contribution >= 0.6 is 0 Å². The summed E-state index contributed by atoms with van der Waals surface area (Å²) in [5, 5.41) is 1.03. The van der Waals surface area contributed by atoms with Crippen molar-refractivity contribution in [2.45, 2.75) is 6.42 Å². The third-order valence-electron chi connectivity index (χ3n) is 4.40. The van der Waals surface area contributed by atoms with Crippen LogP contribution in [-0.4, -0.2) is 38.8 Å². The smallest absolute Gasteiger partial charge is 0.155 e. The highest BCUT2D eigenvalue weighted by Gasteiger charge is 2.28. The van der Waals surface area contributed by atoms with Gasteiger partial charge in [-0.25, -0.2) is 4.98 Å². The second kappa shape index (κ2) is 5.88. The van der Waals surface area contributed by atoms with Crippen molar-refractivity contribution < 1.29 is 4.79 Å². The highest BCUT2D eigenvalue weighted by molar-refractivity contribution is 5.94. The summed E-state index contributed by atoms with van der Waals surface area (Å²) in [6.07, 6.45) is 10.8. The van der Waals surface area contributed by atoms with E-state index in [2.05, 4.69) is 37.5 Å². The van der Waals surface area contributed by atoms with Crippen LogP contribution in [0.4, 0.5) is 5.69 Å². The zero-order valence-electron chi connectivity index (χ0n) is 13.1. The van der Waals surface area contributed by atoms with Crippen LogP contribution in [0, 0.1) is 5.92 Å². The summed E-state index contributed by atoms with van der Waals surface area (Å²) in [5.41, 5.74) is 3.71. The third kappa shape index (κ3) is 2.56. The number of hydrogen-bond acceptors (Lipinski definition) is 5. The summed E-state index contributed by atoms with van der Waals surface area (Å²) in [7, 11) is 0. The normalized spacial score (nSPS) is 14.6. The summed E-state index contributed by atoms with van der Waals surface area (Å²) in [6.45, 7) is 5.27. The fourth-order valence-electron chi connectivity index (χ4n) is 3.09. The number of pyridine rings is 1. The molecule has 3 aromatic rings. The highest BCUT2D eigenvalue weighted by Crippen LogP contribution is 2.32. The number of rotatable bonds is 5. The minimum absolute atomic E-state index is 0.115. The Hall–Kier alpha value is -3.02. The van der Waals surface area contributed by atoms with Crippen LogP contribution in [0.3, 0.4) is 0 Å². The number of allylic oxidation sites excluding steroid dienone is 1. The van der Waals surface area contributed by atoms with E-state index in [1.165, 1.54) is 6.08 Å². The zero-order chi connectivity index (χ0) is 16.5. The maximum absolute atomic E-state index is 11.4. The number of carbonyl (C=O) groups excluding carboxylic acids is 1. The molecule has 6 nitrogen and oxygen atoms in total. The molecule has 4 heterocycles. The van der Waals surface area contributed by atoms with E-state index in [0.29, 0.717) is 12.3 Å². The lowest BCUT2D eigenvalue weighted by atomic mass is 9.93. The molecule has 0 unspecified atom stereocenters. The van der Waals surface area contributed by atoms with E-state index >= 15 is 0 Å². The maximum atomic E-state index is 11.4. The number of carbonyl (C=O) groups is 1. The van der Waals surface area contributed by atoms with E-state index in [1.54, 1.807) is 18.6 Å². The van der Waals surface area contributed by atoms with Gasteiger partial charge in [0.05, 0.1) is 23.8 Å². The van der Waals surface area contributed by atoms with Gasteiger partial charge < -0.3 is 9.88 Å². The van der Waals surface area contributed by atoms with Crippen molar-refractivity contribution in [1.29, 1.82) is 0 Å². The zero-order valence-corrected chi connectivity index (χ0v) is 13.1. The molecule has 1 aliphatic rings. The Morgan fingerprint density at radius 1 is 1.33 bits per heavy atom. The Balaban J connectivity index is 1.58. The van der Waals surface area contributed by atoms with Gasteiger partial charge in [-0.15, -0.1) is 0 Å². The van der Waals surface area contributed by atoms with Crippen molar-refractivity contribution in [2.75, 3.05) is 18.0 Å². The molecule has 6 heteroatoms. The monoisotopic (exact) mass is 319 g/mol. The number of aromatic nitrogens is 4. The van der Waals surface area contributed by atoms with E-state index in [0.717, 1.165) is 41.1 Å². The molecule has 1 aliphatic heterocycles. The number of anilines is 1. The molecule has 24 heavy (non-hydrogen) atoms. The van der Waals surface area contributed by atoms with E-state index in [1.807, 2.05) is 12.4 Å². The molecule has 0 aromatic carbocycles. The second-order valence-electron chi connectivity index (χ2n) is 6.03. The number of ketones is 1. The lowest BCUT2D eigenvalue weighted by Gasteiger charge is -2.40. The van der Waals surface area contributed by atoms with Crippen LogP contribution in [0.25, 0.3) is 22.3 Å². The van der Waals surface area contributed by atoms with E-state index in [9.17, 15) is 4.79 Å². The molecule has 0 amide bonds. The maximum Gasteiger partial charge on any atom is 0.155 e. The summed E-state index contributed by atoms with van der Waals surface area (Å²) in [5.74, 6) is 0.515. The molecule has 120 valence electrons. The van der Waals surface area contributed by atoms with E-state index in [4.69, 9.17) is 0 Å². The number of nitrogens with one attached hydrogen (secondary N) is 1. The average molecular weight is 319 g/mol. The van der Waals surface area contributed by atoms with Crippen LogP contribution in [0.5, 0.6) is 0 Å². The van der Waals surface area contributed by atoms with Crippen molar-refractivity contribution in [3.05, 3.63) is 49.7 Å². The van der Waals surface area contributed by atoms with E-state index in [-0.39, 0.29) is 5.78 Å². The molecule has 0 spiro atoms. The predicted octanol–water partition coefficient (Wildman–Crippen LogP) is 2.60. The number of hydrogen-bond donors (Lipinski definition) is 1. The highest BCUT2D eigenvalue weighted by atomic mass is 16.1. The minimum atomic E-state index is 0.115. The first-order valence-electron chi connectivity index (χ1n) is 7.88. The van der Waals surface area contributed by atoms with Gasteiger partial charge in [-0.1, -0.05) is 6.58 Å². The summed E-state index contributed by atoms with van der Waals surface area (Å²) in [6, 6.07) is 2.12. The van der Waals surface area contributed by atoms with Crippen molar-refractivity contribution in [3.63, 3.8) is 0 Å². The number of nitrogens with zero attached hydrogens (tertiary/aromatic N) is 4. The Bertz CT molecular complexity index is 896. The first-order chi connectivity index (χ1) is 11.7. The molecule has 1 N–H and O–H groups in total. The third-order valence-corrected chi connectivity index (χ3v) is 4.40. The molecule has 0 atom stereocenters. The Morgan fingerprint density at radius 3 is 2.96 bits per heavy atom. The van der Waals surface area contributed by atoms with Crippen molar-refractivity contribution in [3.8, 4) is 11.3 Å². The molecule has 0 saturated carbocycles. The Kier molecular flexibility index (Phi) is 3.57. The van der Waals surface area contributed by atoms with Crippen LogP contribution in [0.15, 0.2) is 49.7 Å². The number of fused-ring (bicyclic) bond motifs is 1. The van der Waals surface area contributed by atoms with Gasteiger partial charge >= 0.3 is 0 Å². The fourth-order valence-corrected chi connectivity index (χ4v) is 3.09. The summed E-state index contributed by atoms with van der Waals surface area (Å²) >= 11 is 0. The molecule has 1 fully saturated rings. The Morgan fingerprint density at radius 2 is 2.21 bits per heavy atom. The van der Waals surface area contributed by atoms with Gasteiger partial charge in [0.2, 0.25) is 0 Å². The van der Waals surface area contributed by atoms with Crippen molar-refractivity contribution >= 4 is 22.5 Å². The van der Waals surface area contributed by atoms with Gasteiger partial charge in [-0.05, 0) is 12.1 Å². The average Bonchev–Trinajstić information content (AvgIpc) is 3.01. The Labute approximate surface area is 139 Å². The van der Waals surface area contributed by atoms with E-state index < -0.39 is 0 Å². The molecule has 0 aliphatic carbocycles. The van der Waals surface area contributed by atoms with Gasteiger partial charge in [-0.3, -0.25) is 14.8 Å². The van der Waals surface area contributed by atoms with Gasteiger partial charge in [0.15, 0.2) is 5.78 Å². The van der Waals surface area contributed by atoms with Gasteiger partial charge in [0.25, 0.3) is 0 Å². The lowest BCUT2D eigenvalue weighted by Crippen LogP contribution is -2.47. The summed E-state index contributed by atoms with van der Waals surface area (Å²) < 4.78 is 0. The van der Waals surface area contributed by atoms with Crippen LogP contribution < -0.4 is 4.90 Å². The fraction of sp³-hybridized carbons (Fsp3) is 0.222. The first-order valence-corrected chi connectivity index (χ1v) is 7.88. The number of H-pyrrole nitrogens is 1. The predicted molar refractivity (Wildman–Crippen MR) is 92.6 cm³/mol. The lowest BCUT2D eigenvalue weighted by molar-refractivity contribution is -0.115. The largest absolute Gasteiger partial charge is 0.370 e. The first kappa shape index (κ1) is 14.6. The molecular weight excluding hydrogens is 302 g/mol. The molecule has 4 rings (SSSR count). The van der Waals surface area contributed by atoms with Gasteiger partial charge in [0, 0.05) is 55.0 Å². The minimum Gasteiger partial charge on any atom is -0.370 e. The topological polar surface area (TPSA) is 74.8 Å².